The van der Waals surface area contributed by atoms with E-state index < -0.39 is 24.2 Å². The lowest BCUT2D eigenvalue weighted by Crippen LogP contribution is -2.40. The molecule has 19 heavy (non-hydrogen) atoms. The second-order valence-corrected chi connectivity index (χ2v) is 5.59. The Morgan fingerprint density at radius 3 is 2.11 bits per heavy atom. The molecule has 0 aliphatic rings. The van der Waals surface area contributed by atoms with Crippen molar-refractivity contribution < 1.29 is 18.3 Å². The maximum atomic E-state index is 12.3. The van der Waals surface area contributed by atoms with Crippen molar-refractivity contribution in [2.75, 3.05) is 20.1 Å². The molecule has 0 fully saturated rings. The fourth-order valence-electron chi connectivity index (χ4n) is 2.23. The zero-order valence-electron chi connectivity index (χ0n) is 11.4. The minimum Gasteiger partial charge on any atom is -0.388 e. The molecule has 1 rings (SSSR count). The molecule has 0 saturated heterocycles. The van der Waals surface area contributed by atoms with Gasteiger partial charge in [0.05, 0.1) is 12.6 Å². The van der Waals surface area contributed by atoms with Crippen LogP contribution in [0.25, 0.3) is 0 Å². The van der Waals surface area contributed by atoms with Gasteiger partial charge in [0.25, 0.3) is 0 Å². The third kappa shape index (κ3) is 5.20. The Balaban J connectivity index is 2.70. The van der Waals surface area contributed by atoms with Gasteiger partial charge in [-0.1, -0.05) is 44.2 Å². The average Bonchev–Trinajstić information content (AvgIpc) is 2.25. The minimum atomic E-state index is -4.22. The molecule has 1 aromatic carbocycles. The van der Waals surface area contributed by atoms with Crippen LogP contribution in [0.3, 0.4) is 0 Å². The normalized spacial score (nSPS) is 14.7. The first-order valence-electron chi connectivity index (χ1n) is 6.10. The van der Waals surface area contributed by atoms with Crippen molar-refractivity contribution in [1.29, 1.82) is 0 Å². The molecule has 1 atom stereocenters. The Hall–Kier alpha value is -1.07. The molecule has 5 heteroatoms. The fraction of sp³-hybridized carbons (Fsp3) is 0.571. The summed E-state index contributed by atoms with van der Waals surface area (Å²) in [6.07, 6.45) is -5.02. The third-order valence-corrected chi connectivity index (χ3v) is 2.98. The molecule has 2 nitrogen and oxygen atoms in total. The molecule has 0 aromatic heterocycles. The van der Waals surface area contributed by atoms with Crippen LogP contribution in [0.4, 0.5) is 13.2 Å². The second-order valence-electron chi connectivity index (χ2n) is 5.59. The van der Waals surface area contributed by atoms with Crippen LogP contribution in [-0.4, -0.2) is 36.3 Å². The van der Waals surface area contributed by atoms with Crippen molar-refractivity contribution in [2.24, 2.45) is 5.41 Å². The van der Waals surface area contributed by atoms with Crippen LogP contribution in [0.5, 0.6) is 0 Å². The molecule has 1 unspecified atom stereocenters. The van der Waals surface area contributed by atoms with Crippen LogP contribution in [0.1, 0.15) is 25.5 Å². The fourth-order valence-corrected chi connectivity index (χ4v) is 2.23. The zero-order chi connectivity index (χ0) is 14.7. The second kappa shape index (κ2) is 5.92. The van der Waals surface area contributed by atoms with Crippen LogP contribution in [0.15, 0.2) is 30.3 Å². The molecule has 1 N–H and O–H groups in total. The SMILES string of the molecule is CN(CC(F)(F)F)CC(C)(C)C(O)c1ccccc1. The van der Waals surface area contributed by atoms with E-state index in [0.717, 1.165) is 0 Å². The zero-order valence-corrected chi connectivity index (χ0v) is 11.4. The largest absolute Gasteiger partial charge is 0.401 e. The van der Waals surface area contributed by atoms with E-state index in [1.807, 2.05) is 6.07 Å². The lowest BCUT2D eigenvalue weighted by Gasteiger charge is -2.35. The molecule has 1 aromatic rings. The highest BCUT2D eigenvalue weighted by Gasteiger charge is 2.34. The minimum absolute atomic E-state index is 0.155. The third-order valence-electron chi connectivity index (χ3n) is 2.98. The van der Waals surface area contributed by atoms with Crippen molar-refractivity contribution in [2.45, 2.75) is 26.1 Å². The van der Waals surface area contributed by atoms with Crippen molar-refractivity contribution >= 4 is 0 Å². The van der Waals surface area contributed by atoms with Crippen LogP contribution in [-0.2, 0) is 0 Å². The van der Waals surface area contributed by atoms with Gasteiger partial charge in [0.15, 0.2) is 0 Å². The van der Waals surface area contributed by atoms with Crippen molar-refractivity contribution in [3.05, 3.63) is 35.9 Å². The highest BCUT2D eigenvalue weighted by molar-refractivity contribution is 5.19. The Morgan fingerprint density at radius 2 is 1.63 bits per heavy atom. The predicted octanol–water partition coefficient (Wildman–Crippen LogP) is 3.24. The number of hydrogen-bond donors (Lipinski definition) is 1. The van der Waals surface area contributed by atoms with E-state index >= 15 is 0 Å². The summed E-state index contributed by atoms with van der Waals surface area (Å²) in [7, 11) is 1.41. The van der Waals surface area contributed by atoms with Gasteiger partial charge in [0, 0.05) is 12.0 Å². The van der Waals surface area contributed by atoms with Gasteiger partial charge in [-0.25, -0.2) is 0 Å². The lowest BCUT2D eigenvalue weighted by atomic mass is 9.82. The molecule has 0 aliphatic carbocycles. The van der Waals surface area contributed by atoms with Crippen molar-refractivity contribution in [3.63, 3.8) is 0 Å². The summed E-state index contributed by atoms with van der Waals surface area (Å²) in [6.45, 7) is 2.70. The van der Waals surface area contributed by atoms with Gasteiger partial charge in [-0.3, -0.25) is 4.90 Å². The summed E-state index contributed by atoms with van der Waals surface area (Å²) in [5, 5.41) is 10.3. The van der Waals surface area contributed by atoms with Gasteiger partial charge in [-0.15, -0.1) is 0 Å². The van der Waals surface area contributed by atoms with Gasteiger partial charge < -0.3 is 5.11 Å². The maximum Gasteiger partial charge on any atom is 0.401 e. The molecule has 0 amide bonds. The summed E-state index contributed by atoms with van der Waals surface area (Å²) in [5.41, 5.74) is 0.0503. The predicted molar refractivity (Wildman–Crippen MR) is 68.7 cm³/mol. The van der Waals surface area contributed by atoms with Gasteiger partial charge in [0.1, 0.15) is 0 Å². The van der Waals surface area contributed by atoms with E-state index in [-0.39, 0.29) is 6.54 Å². The molecule has 0 radical (unpaired) electrons. The number of nitrogens with zero attached hydrogens (tertiary/aromatic N) is 1. The van der Waals surface area contributed by atoms with Crippen LogP contribution < -0.4 is 0 Å². The standard InChI is InChI=1S/C14H20F3NO/c1-13(2,9-18(3)10-14(15,16)17)12(19)11-7-5-4-6-8-11/h4-8,12,19H,9-10H2,1-3H3. The molecular formula is C14H20F3NO. The van der Waals surface area contributed by atoms with E-state index in [0.29, 0.717) is 5.56 Å². The first-order valence-corrected chi connectivity index (χ1v) is 6.10. The van der Waals surface area contributed by atoms with E-state index in [1.54, 1.807) is 38.1 Å². The smallest absolute Gasteiger partial charge is 0.388 e. The van der Waals surface area contributed by atoms with Crippen molar-refractivity contribution in [1.82, 2.24) is 4.90 Å². The highest BCUT2D eigenvalue weighted by atomic mass is 19.4. The van der Waals surface area contributed by atoms with Gasteiger partial charge in [-0.2, -0.15) is 13.2 Å². The molecule has 0 aliphatic heterocycles. The average molecular weight is 275 g/mol. The topological polar surface area (TPSA) is 23.5 Å². The quantitative estimate of drug-likeness (QED) is 0.891. The number of aliphatic hydroxyl groups is 1. The van der Waals surface area contributed by atoms with Crippen LogP contribution >= 0.6 is 0 Å². The van der Waals surface area contributed by atoms with Gasteiger partial charge >= 0.3 is 6.18 Å². The van der Waals surface area contributed by atoms with E-state index in [9.17, 15) is 18.3 Å². The van der Waals surface area contributed by atoms with Crippen LogP contribution in [0, 0.1) is 5.41 Å². The first-order chi connectivity index (χ1) is 8.62. The van der Waals surface area contributed by atoms with Crippen LogP contribution in [0.2, 0.25) is 0 Å². The van der Waals surface area contributed by atoms with E-state index in [2.05, 4.69) is 0 Å². The molecular weight excluding hydrogens is 255 g/mol. The Morgan fingerprint density at radius 1 is 1.11 bits per heavy atom. The lowest BCUT2D eigenvalue weighted by molar-refractivity contribution is -0.147. The first kappa shape index (κ1) is 16.0. The van der Waals surface area contributed by atoms with E-state index in [4.69, 9.17) is 0 Å². The number of hydrogen-bond acceptors (Lipinski definition) is 2. The monoisotopic (exact) mass is 275 g/mol. The summed E-state index contributed by atoms with van der Waals surface area (Å²) < 4.78 is 36.9. The molecule has 108 valence electrons. The summed E-state index contributed by atoms with van der Waals surface area (Å²) >= 11 is 0. The number of rotatable bonds is 5. The number of aliphatic hydroxyl groups excluding tert-OH is 1. The summed E-state index contributed by atoms with van der Waals surface area (Å²) in [5.74, 6) is 0. The Kier molecular flexibility index (Phi) is 4.98. The number of halogens is 3. The molecule has 0 saturated carbocycles. The Labute approximate surface area is 111 Å². The van der Waals surface area contributed by atoms with Gasteiger partial charge in [0.2, 0.25) is 0 Å². The molecule has 0 heterocycles. The van der Waals surface area contributed by atoms with E-state index in [1.165, 1.54) is 11.9 Å². The number of benzene rings is 1. The summed E-state index contributed by atoms with van der Waals surface area (Å²) in [6, 6.07) is 8.98. The molecule has 0 spiro atoms. The highest BCUT2D eigenvalue weighted by Crippen LogP contribution is 2.34. The summed E-state index contributed by atoms with van der Waals surface area (Å²) in [4.78, 5) is 1.19. The Bertz CT molecular complexity index is 389. The van der Waals surface area contributed by atoms with Crippen molar-refractivity contribution in [3.8, 4) is 0 Å². The van der Waals surface area contributed by atoms with Gasteiger partial charge in [-0.05, 0) is 12.6 Å². The molecule has 0 bridgehead atoms. The maximum absolute atomic E-state index is 12.3. The number of alkyl halides is 3.